The lowest BCUT2D eigenvalue weighted by Crippen LogP contribution is -2.25. The zero-order valence-corrected chi connectivity index (χ0v) is 29.0. The molecule has 254 valence electrons. The van der Waals surface area contributed by atoms with Crippen LogP contribution in [0.1, 0.15) is 97.1 Å². The maximum Gasteiger partial charge on any atom is 0.133 e. The predicted octanol–water partition coefficient (Wildman–Crippen LogP) is 10.8. The molecule has 6 nitrogen and oxygen atoms in total. The average molecular weight is 649 g/mol. The molecule has 0 bridgehead atoms. The number of hydrogen-bond acceptors (Lipinski definition) is 6. The highest BCUT2D eigenvalue weighted by Crippen LogP contribution is 2.49. The number of nitrogen functional groups attached to an aromatic ring is 2. The summed E-state index contributed by atoms with van der Waals surface area (Å²) < 4.78 is 13.0. The van der Waals surface area contributed by atoms with Crippen molar-refractivity contribution in [3.05, 3.63) is 94.0 Å². The molecule has 0 heterocycles. The quantitative estimate of drug-likeness (QED) is 0.120. The Bertz CT molecular complexity index is 1710. The van der Waals surface area contributed by atoms with Gasteiger partial charge in [0.15, 0.2) is 0 Å². The fourth-order valence-corrected chi connectivity index (χ4v) is 8.62. The van der Waals surface area contributed by atoms with Gasteiger partial charge in [-0.05, 0) is 153 Å². The Labute approximate surface area is 286 Å². The summed E-state index contributed by atoms with van der Waals surface area (Å²) in [7, 11) is 0. The van der Waals surface area contributed by atoms with Gasteiger partial charge in [-0.3, -0.25) is 0 Å². The van der Waals surface area contributed by atoms with Crippen molar-refractivity contribution in [1.82, 2.24) is 0 Å². The van der Waals surface area contributed by atoms with Gasteiger partial charge in [-0.1, -0.05) is 51.4 Å². The smallest absolute Gasteiger partial charge is 0.133 e. The van der Waals surface area contributed by atoms with E-state index in [1.165, 1.54) is 38.5 Å². The number of anilines is 2. The molecule has 0 saturated heterocycles. The lowest BCUT2D eigenvalue weighted by atomic mass is 9.70. The lowest BCUT2D eigenvalue weighted by molar-refractivity contribution is 0.242. The van der Waals surface area contributed by atoms with Crippen molar-refractivity contribution in [2.24, 2.45) is 17.8 Å². The lowest BCUT2D eigenvalue weighted by Gasteiger charge is -2.35. The van der Waals surface area contributed by atoms with Crippen LogP contribution in [0.25, 0.3) is 0 Å². The van der Waals surface area contributed by atoms with Crippen molar-refractivity contribution < 1.29 is 19.7 Å². The Morgan fingerprint density at radius 3 is 1.67 bits per heavy atom. The molecule has 6 heteroatoms. The van der Waals surface area contributed by atoms with Crippen LogP contribution in [0.5, 0.6) is 34.5 Å². The van der Waals surface area contributed by atoms with Gasteiger partial charge in [0.2, 0.25) is 0 Å². The summed E-state index contributed by atoms with van der Waals surface area (Å²) in [6, 6.07) is 19.0. The fourth-order valence-electron chi connectivity index (χ4n) is 8.62. The van der Waals surface area contributed by atoms with Crippen molar-refractivity contribution >= 4 is 11.4 Å². The summed E-state index contributed by atoms with van der Waals surface area (Å²) in [5.74, 6) is 5.05. The van der Waals surface area contributed by atoms with Crippen LogP contribution in [0.3, 0.4) is 0 Å². The molecule has 0 aliphatic heterocycles. The zero-order chi connectivity index (χ0) is 33.9. The number of aromatic hydroxyl groups is 2. The van der Waals surface area contributed by atoms with Crippen LogP contribution in [-0.4, -0.2) is 10.2 Å². The molecule has 4 aromatic rings. The van der Waals surface area contributed by atoms with E-state index in [4.69, 9.17) is 20.9 Å². The van der Waals surface area contributed by atoms with Crippen molar-refractivity contribution in [2.75, 3.05) is 11.5 Å². The number of phenolic OH excluding ortho intramolecular Hbond substituents is 2. The summed E-state index contributed by atoms with van der Waals surface area (Å²) in [5, 5.41) is 22.8. The van der Waals surface area contributed by atoms with Crippen molar-refractivity contribution in [3.8, 4) is 34.5 Å². The molecule has 0 radical (unpaired) electrons. The topological polar surface area (TPSA) is 111 Å². The van der Waals surface area contributed by atoms with E-state index in [9.17, 15) is 10.2 Å². The molecule has 6 N–H and O–H groups in total. The minimum Gasteiger partial charge on any atom is -0.508 e. The molecule has 4 aromatic carbocycles. The molecule has 48 heavy (non-hydrogen) atoms. The van der Waals surface area contributed by atoms with E-state index in [0.29, 0.717) is 41.2 Å². The summed E-state index contributed by atoms with van der Waals surface area (Å²) in [6.45, 7) is 8.03. The summed E-state index contributed by atoms with van der Waals surface area (Å²) in [5.41, 5.74) is 19.3. The van der Waals surface area contributed by atoms with Gasteiger partial charge in [0.25, 0.3) is 0 Å². The molecule has 6 rings (SSSR count). The molecule has 2 aliphatic carbocycles. The first-order valence-corrected chi connectivity index (χ1v) is 17.8. The van der Waals surface area contributed by atoms with Crippen LogP contribution < -0.4 is 20.9 Å². The van der Waals surface area contributed by atoms with Crippen molar-refractivity contribution in [2.45, 2.75) is 97.8 Å². The molecule has 0 spiro atoms. The maximum atomic E-state index is 11.5. The third kappa shape index (κ3) is 7.53. The van der Waals surface area contributed by atoms with Gasteiger partial charge in [-0.15, -0.1) is 0 Å². The van der Waals surface area contributed by atoms with Gasteiger partial charge in [-0.25, -0.2) is 0 Å². The molecule has 0 aromatic heterocycles. The third-order valence-electron chi connectivity index (χ3n) is 10.9. The Morgan fingerprint density at radius 2 is 1.12 bits per heavy atom. The monoisotopic (exact) mass is 648 g/mol. The third-order valence-corrected chi connectivity index (χ3v) is 10.9. The summed E-state index contributed by atoms with van der Waals surface area (Å²) in [6.07, 6.45) is 11.4. The first-order valence-electron chi connectivity index (χ1n) is 17.8. The second-order valence-electron chi connectivity index (χ2n) is 14.6. The Kier molecular flexibility index (Phi) is 10.1. The Morgan fingerprint density at radius 1 is 0.646 bits per heavy atom. The standard InChI is InChI=1S/C42H52N2O4/c1-25-17-32(43)18-26(2)41(25)47-34-13-15-39(45)31(22-34)23-36(30-11-7-8-12-30)37(21-29-9-5-6-10-29)38-24-35(14-16-40(38)46)48-42-27(3)19-33(44)20-28(42)4/h13-20,22,24,29-30,36-37,45-46H,5-12,21,23,43-44H2,1-4H3. The van der Waals surface area contributed by atoms with Gasteiger partial charge in [0.1, 0.15) is 34.5 Å². The second kappa shape index (κ2) is 14.4. The van der Waals surface area contributed by atoms with Crippen LogP contribution in [0.15, 0.2) is 60.7 Å². The maximum absolute atomic E-state index is 11.5. The van der Waals surface area contributed by atoms with E-state index >= 15 is 0 Å². The Balaban J connectivity index is 1.37. The van der Waals surface area contributed by atoms with Gasteiger partial charge < -0.3 is 31.2 Å². The number of rotatable bonds is 11. The van der Waals surface area contributed by atoms with E-state index < -0.39 is 0 Å². The number of ether oxygens (including phenoxy) is 2. The minimum absolute atomic E-state index is 0.110. The van der Waals surface area contributed by atoms with E-state index in [-0.39, 0.29) is 17.6 Å². The first kappa shape index (κ1) is 33.6. The predicted molar refractivity (Wildman–Crippen MR) is 195 cm³/mol. The zero-order valence-electron chi connectivity index (χ0n) is 29.0. The normalized spacial score (nSPS) is 16.7. The van der Waals surface area contributed by atoms with Crippen LogP contribution in [0.4, 0.5) is 11.4 Å². The number of hydrogen-bond donors (Lipinski definition) is 4. The molecule has 0 amide bonds. The summed E-state index contributed by atoms with van der Waals surface area (Å²) >= 11 is 0. The van der Waals surface area contributed by atoms with Crippen LogP contribution in [-0.2, 0) is 6.42 Å². The van der Waals surface area contributed by atoms with Crippen LogP contribution >= 0.6 is 0 Å². The van der Waals surface area contributed by atoms with Gasteiger partial charge >= 0.3 is 0 Å². The van der Waals surface area contributed by atoms with Gasteiger partial charge in [-0.2, -0.15) is 0 Å². The van der Waals surface area contributed by atoms with E-state index in [2.05, 4.69) is 6.07 Å². The number of nitrogens with two attached hydrogens (primary N) is 2. The summed E-state index contributed by atoms with van der Waals surface area (Å²) in [4.78, 5) is 0. The SMILES string of the molecule is Cc1cc(N)cc(C)c1Oc1ccc(O)c(CC(C2CCCC2)C(CC2CCCC2)c2cc(Oc3c(C)cc(N)cc3C)ccc2O)c1. The molecular weight excluding hydrogens is 596 g/mol. The van der Waals surface area contributed by atoms with Crippen LogP contribution in [0.2, 0.25) is 0 Å². The molecule has 2 aliphatic rings. The Hall–Kier alpha value is -4.32. The fraction of sp³-hybridized carbons (Fsp3) is 0.429. The van der Waals surface area contributed by atoms with Gasteiger partial charge in [0.05, 0.1) is 0 Å². The number of aryl methyl sites for hydroxylation is 4. The minimum atomic E-state index is 0.110. The molecule has 2 unspecified atom stereocenters. The number of benzene rings is 4. The van der Waals surface area contributed by atoms with E-state index in [1.54, 1.807) is 12.1 Å². The average Bonchev–Trinajstić information content (AvgIpc) is 3.76. The first-order chi connectivity index (χ1) is 23.0. The highest BCUT2D eigenvalue weighted by atomic mass is 16.5. The molecular formula is C42H52N2O4. The van der Waals surface area contributed by atoms with Crippen molar-refractivity contribution in [3.63, 3.8) is 0 Å². The molecule has 2 atom stereocenters. The highest BCUT2D eigenvalue weighted by Gasteiger charge is 2.36. The van der Waals surface area contributed by atoms with Crippen molar-refractivity contribution in [1.29, 1.82) is 0 Å². The number of phenols is 2. The highest BCUT2D eigenvalue weighted by molar-refractivity contribution is 5.55. The van der Waals surface area contributed by atoms with Gasteiger partial charge in [0, 0.05) is 16.9 Å². The largest absolute Gasteiger partial charge is 0.508 e. The van der Waals surface area contributed by atoms with Crippen LogP contribution in [0, 0.1) is 45.4 Å². The van der Waals surface area contributed by atoms with E-state index in [1.807, 2.05) is 70.2 Å². The van der Waals surface area contributed by atoms with E-state index in [0.717, 1.165) is 69.8 Å². The molecule has 2 fully saturated rings. The second-order valence-corrected chi connectivity index (χ2v) is 14.6. The molecule has 2 saturated carbocycles.